The molecule has 14 heavy (non-hydrogen) atoms. The number of carbonyl (C=O) groups is 1. The van der Waals surface area contributed by atoms with E-state index in [4.69, 9.17) is 10.5 Å². The lowest BCUT2D eigenvalue weighted by Gasteiger charge is -2.07. The number of amides is 1. The molecule has 0 aliphatic rings. The molecule has 4 nitrogen and oxygen atoms in total. The van der Waals surface area contributed by atoms with Gasteiger partial charge in [-0.15, -0.1) is 0 Å². The van der Waals surface area contributed by atoms with E-state index in [1.54, 1.807) is 6.92 Å². The first-order valence-electron chi connectivity index (χ1n) is 5.29. The van der Waals surface area contributed by atoms with Crippen LogP contribution in [0.15, 0.2) is 0 Å². The van der Waals surface area contributed by atoms with E-state index in [2.05, 4.69) is 12.2 Å². The van der Waals surface area contributed by atoms with Gasteiger partial charge in [0, 0.05) is 19.8 Å². The van der Waals surface area contributed by atoms with Crippen molar-refractivity contribution in [2.24, 2.45) is 5.73 Å². The minimum Gasteiger partial charge on any atom is -0.381 e. The number of carbonyl (C=O) groups excluding carboxylic acids is 1. The van der Waals surface area contributed by atoms with Crippen molar-refractivity contribution >= 4 is 5.91 Å². The third-order valence-corrected chi connectivity index (χ3v) is 1.82. The van der Waals surface area contributed by atoms with Crippen molar-refractivity contribution in [3.63, 3.8) is 0 Å². The Bertz CT molecular complexity index is 149. The van der Waals surface area contributed by atoms with Crippen LogP contribution in [0.4, 0.5) is 0 Å². The molecule has 1 unspecified atom stereocenters. The monoisotopic (exact) mass is 202 g/mol. The minimum atomic E-state index is -0.420. The van der Waals surface area contributed by atoms with Crippen molar-refractivity contribution in [2.45, 2.75) is 39.2 Å². The number of rotatable bonds is 8. The highest BCUT2D eigenvalue weighted by Gasteiger charge is 2.04. The summed E-state index contributed by atoms with van der Waals surface area (Å²) in [5.74, 6) is -0.0986. The van der Waals surface area contributed by atoms with Gasteiger partial charge in [-0.25, -0.2) is 0 Å². The zero-order chi connectivity index (χ0) is 10.8. The molecule has 0 aromatic heterocycles. The molecular weight excluding hydrogens is 180 g/mol. The normalized spacial score (nSPS) is 12.5. The third kappa shape index (κ3) is 8.01. The average Bonchev–Trinajstić information content (AvgIpc) is 2.16. The second kappa shape index (κ2) is 8.97. The van der Waals surface area contributed by atoms with Gasteiger partial charge in [0.15, 0.2) is 0 Å². The second-order valence-electron chi connectivity index (χ2n) is 3.40. The minimum absolute atomic E-state index is 0.0986. The van der Waals surface area contributed by atoms with Crippen LogP contribution in [0.3, 0.4) is 0 Å². The van der Waals surface area contributed by atoms with Gasteiger partial charge >= 0.3 is 0 Å². The molecule has 0 aliphatic carbocycles. The van der Waals surface area contributed by atoms with E-state index in [9.17, 15) is 4.79 Å². The number of nitrogens with one attached hydrogen (secondary N) is 1. The number of nitrogens with two attached hydrogens (primary N) is 1. The van der Waals surface area contributed by atoms with E-state index >= 15 is 0 Å². The highest BCUT2D eigenvalue weighted by atomic mass is 16.5. The molecule has 0 bridgehead atoms. The summed E-state index contributed by atoms with van der Waals surface area (Å²) in [6.07, 6.45) is 3.11. The van der Waals surface area contributed by atoms with Crippen molar-refractivity contribution < 1.29 is 9.53 Å². The molecule has 1 amide bonds. The molecule has 0 aromatic rings. The Morgan fingerprint density at radius 2 is 2.07 bits per heavy atom. The van der Waals surface area contributed by atoms with Crippen LogP contribution in [0.5, 0.6) is 0 Å². The Morgan fingerprint density at radius 3 is 2.64 bits per heavy atom. The molecule has 0 aliphatic heterocycles. The number of ether oxygens (including phenoxy) is 1. The quantitative estimate of drug-likeness (QED) is 0.568. The number of hydrogen-bond donors (Lipinski definition) is 2. The summed E-state index contributed by atoms with van der Waals surface area (Å²) in [4.78, 5) is 11.0. The molecule has 4 heteroatoms. The van der Waals surface area contributed by atoms with Crippen LogP contribution < -0.4 is 11.1 Å². The standard InChI is InChI=1S/C10H22N2O2/c1-3-4-7-14-8-5-6-12-10(13)9(2)11/h9H,3-8,11H2,1-2H3,(H,12,13). The Labute approximate surface area is 86.2 Å². The summed E-state index contributed by atoms with van der Waals surface area (Å²) < 4.78 is 5.33. The van der Waals surface area contributed by atoms with Gasteiger partial charge in [0.1, 0.15) is 0 Å². The Morgan fingerprint density at radius 1 is 1.43 bits per heavy atom. The summed E-state index contributed by atoms with van der Waals surface area (Å²) in [5, 5.41) is 2.73. The van der Waals surface area contributed by atoms with Gasteiger partial charge in [0.2, 0.25) is 5.91 Å². The first kappa shape index (κ1) is 13.4. The largest absolute Gasteiger partial charge is 0.381 e. The zero-order valence-corrected chi connectivity index (χ0v) is 9.21. The van der Waals surface area contributed by atoms with E-state index in [0.29, 0.717) is 13.2 Å². The Kier molecular flexibility index (Phi) is 8.57. The summed E-state index contributed by atoms with van der Waals surface area (Å²) in [7, 11) is 0. The van der Waals surface area contributed by atoms with Crippen LogP contribution in [0.1, 0.15) is 33.1 Å². The van der Waals surface area contributed by atoms with Gasteiger partial charge in [-0.05, 0) is 19.8 Å². The van der Waals surface area contributed by atoms with Crippen molar-refractivity contribution in [3.8, 4) is 0 Å². The van der Waals surface area contributed by atoms with Crippen LogP contribution in [0, 0.1) is 0 Å². The first-order valence-corrected chi connectivity index (χ1v) is 5.29. The van der Waals surface area contributed by atoms with E-state index in [1.807, 2.05) is 0 Å². The SMILES string of the molecule is CCCCOCCCNC(=O)C(C)N. The third-order valence-electron chi connectivity index (χ3n) is 1.82. The summed E-state index contributed by atoms with van der Waals surface area (Å²) in [5.41, 5.74) is 5.37. The van der Waals surface area contributed by atoms with Crippen LogP contribution >= 0.6 is 0 Å². The van der Waals surface area contributed by atoms with Gasteiger partial charge in [-0.3, -0.25) is 4.79 Å². The summed E-state index contributed by atoms with van der Waals surface area (Å²) in [6, 6.07) is -0.420. The fourth-order valence-electron chi connectivity index (χ4n) is 0.895. The van der Waals surface area contributed by atoms with Gasteiger partial charge < -0.3 is 15.8 Å². The molecule has 0 heterocycles. The molecule has 1 atom stereocenters. The molecule has 0 fully saturated rings. The molecule has 0 radical (unpaired) electrons. The second-order valence-corrected chi connectivity index (χ2v) is 3.40. The molecule has 0 spiro atoms. The summed E-state index contributed by atoms with van der Waals surface area (Å²) >= 11 is 0. The van der Waals surface area contributed by atoms with E-state index in [1.165, 1.54) is 0 Å². The first-order chi connectivity index (χ1) is 6.68. The predicted molar refractivity (Wildman–Crippen MR) is 57.0 cm³/mol. The lowest BCUT2D eigenvalue weighted by atomic mass is 10.3. The van der Waals surface area contributed by atoms with E-state index in [-0.39, 0.29) is 5.91 Å². The van der Waals surface area contributed by atoms with Crippen LogP contribution in [-0.2, 0) is 9.53 Å². The molecule has 3 N–H and O–H groups in total. The maximum Gasteiger partial charge on any atom is 0.236 e. The van der Waals surface area contributed by atoms with E-state index in [0.717, 1.165) is 25.9 Å². The highest BCUT2D eigenvalue weighted by molar-refractivity contribution is 5.80. The molecule has 0 rings (SSSR count). The van der Waals surface area contributed by atoms with Crippen LogP contribution in [0.2, 0.25) is 0 Å². The van der Waals surface area contributed by atoms with Gasteiger partial charge in [0.05, 0.1) is 6.04 Å². The highest BCUT2D eigenvalue weighted by Crippen LogP contribution is 1.89. The number of hydrogen-bond acceptors (Lipinski definition) is 3. The molecule has 0 saturated heterocycles. The van der Waals surface area contributed by atoms with Crippen molar-refractivity contribution in [1.29, 1.82) is 0 Å². The van der Waals surface area contributed by atoms with Gasteiger partial charge in [-0.1, -0.05) is 13.3 Å². The Balaban J connectivity index is 3.10. The van der Waals surface area contributed by atoms with Crippen LogP contribution in [-0.4, -0.2) is 31.7 Å². The maximum absolute atomic E-state index is 11.0. The average molecular weight is 202 g/mol. The van der Waals surface area contributed by atoms with Crippen molar-refractivity contribution in [3.05, 3.63) is 0 Å². The summed E-state index contributed by atoms with van der Waals surface area (Å²) in [6.45, 7) is 5.97. The fraction of sp³-hybridized carbons (Fsp3) is 0.900. The van der Waals surface area contributed by atoms with Gasteiger partial charge in [-0.2, -0.15) is 0 Å². The maximum atomic E-state index is 11.0. The van der Waals surface area contributed by atoms with E-state index < -0.39 is 6.04 Å². The Hall–Kier alpha value is -0.610. The zero-order valence-electron chi connectivity index (χ0n) is 9.21. The van der Waals surface area contributed by atoms with Crippen LogP contribution in [0.25, 0.3) is 0 Å². The lowest BCUT2D eigenvalue weighted by molar-refractivity contribution is -0.122. The topological polar surface area (TPSA) is 64.3 Å². The molecule has 84 valence electrons. The number of unbranched alkanes of at least 4 members (excludes halogenated alkanes) is 1. The smallest absolute Gasteiger partial charge is 0.236 e. The van der Waals surface area contributed by atoms with Crippen molar-refractivity contribution in [2.75, 3.05) is 19.8 Å². The molecule has 0 saturated carbocycles. The lowest BCUT2D eigenvalue weighted by Crippen LogP contribution is -2.38. The molecule has 0 aromatic carbocycles. The molecular formula is C10H22N2O2. The van der Waals surface area contributed by atoms with Crippen molar-refractivity contribution in [1.82, 2.24) is 5.32 Å². The fourth-order valence-corrected chi connectivity index (χ4v) is 0.895. The van der Waals surface area contributed by atoms with Gasteiger partial charge in [0.25, 0.3) is 0 Å². The predicted octanol–water partition coefficient (Wildman–Crippen LogP) is 0.657.